The number of sulfonamides is 1. The molecule has 51 heavy (non-hydrogen) atoms. The van der Waals surface area contributed by atoms with Crippen LogP contribution in [0.15, 0.2) is 30.4 Å². The van der Waals surface area contributed by atoms with Crippen molar-refractivity contribution in [1.82, 2.24) is 30.1 Å². The summed E-state index contributed by atoms with van der Waals surface area (Å²) >= 11 is 0. The van der Waals surface area contributed by atoms with Crippen molar-refractivity contribution in [2.75, 3.05) is 19.6 Å². The van der Waals surface area contributed by atoms with Crippen molar-refractivity contribution in [3.63, 3.8) is 0 Å². The van der Waals surface area contributed by atoms with Gasteiger partial charge in [-0.1, -0.05) is 37.1 Å². The van der Waals surface area contributed by atoms with E-state index in [2.05, 4.69) is 15.4 Å². The standard InChI is InChI=1S/C35H47FN6O8S/c1-34(2,3)50-32(46)37-27-13-8-6-4-5-7-11-23-18-35(23,31(45)39-51(48,49)24-14-15-24)38-29(43)28-21-40(16-17-42(28)30(27)44)33(47)41-19-22-10-9-12-26(36)25(22)20-41/h7,9-12,23-24,27-28H,4-6,8,13-21H2,1-3H3,(H,37,46)(H,38,43)(H,39,45)/b11-7+/t23?,27-,28-,35-/m0/s1. The number of nitrogens with zero attached hydrogens (tertiary/aromatic N) is 3. The van der Waals surface area contributed by atoms with Gasteiger partial charge in [-0.2, -0.15) is 0 Å². The predicted octanol–water partition coefficient (Wildman–Crippen LogP) is 2.67. The van der Waals surface area contributed by atoms with E-state index in [0.29, 0.717) is 36.8 Å². The lowest BCUT2D eigenvalue weighted by molar-refractivity contribution is -0.146. The molecule has 5 aliphatic rings. The molecule has 3 N–H and O–H groups in total. The third-order valence-electron chi connectivity index (χ3n) is 10.1. The monoisotopic (exact) mass is 730 g/mol. The number of nitrogens with one attached hydrogen (secondary N) is 3. The fourth-order valence-electron chi connectivity index (χ4n) is 7.08. The second-order valence-corrected chi connectivity index (χ2v) is 17.2. The molecule has 3 fully saturated rings. The maximum atomic E-state index is 14.5. The van der Waals surface area contributed by atoms with Crippen molar-refractivity contribution in [2.24, 2.45) is 5.92 Å². The van der Waals surface area contributed by atoms with Gasteiger partial charge in [0.05, 0.1) is 18.3 Å². The highest BCUT2D eigenvalue weighted by molar-refractivity contribution is 7.91. The van der Waals surface area contributed by atoms with Gasteiger partial charge in [-0.05, 0) is 70.9 Å². The number of ether oxygens (including phenoxy) is 1. The molecular weight excluding hydrogens is 683 g/mol. The molecular formula is C35H47FN6O8S. The lowest BCUT2D eigenvalue weighted by atomic mass is 10.0. The fraction of sp³-hybridized carbons (Fsp3) is 0.629. The van der Waals surface area contributed by atoms with Crippen LogP contribution < -0.4 is 15.4 Å². The number of amides is 6. The van der Waals surface area contributed by atoms with Crippen molar-refractivity contribution in [1.29, 1.82) is 0 Å². The molecule has 1 unspecified atom stereocenters. The largest absolute Gasteiger partial charge is 0.444 e. The predicted molar refractivity (Wildman–Crippen MR) is 183 cm³/mol. The maximum absolute atomic E-state index is 14.5. The lowest BCUT2D eigenvalue weighted by Crippen LogP contribution is -2.66. The average Bonchev–Trinajstić information content (AvgIpc) is 3.98. The number of fused-ring (bicyclic) bond motifs is 3. The zero-order valence-electron chi connectivity index (χ0n) is 29.3. The van der Waals surface area contributed by atoms with Gasteiger partial charge >= 0.3 is 12.1 Å². The molecule has 0 aromatic heterocycles. The van der Waals surface area contributed by atoms with Crippen LogP contribution in [0.4, 0.5) is 14.0 Å². The molecule has 0 bridgehead atoms. The van der Waals surface area contributed by atoms with E-state index in [0.717, 1.165) is 12.8 Å². The molecule has 2 aliphatic carbocycles. The number of hydrogen-bond acceptors (Lipinski definition) is 8. The average molecular weight is 731 g/mol. The summed E-state index contributed by atoms with van der Waals surface area (Å²) in [6.07, 6.45) is 7.04. The summed E-state index contributed by atoms with van der Waals surface area (Å²) in [6, 6.07) is 1.89. The topological polar surface area (TPSA) is 175 Å². The summed E-state index contributed by atoms with van der Waals surface area (Å²) in [4.78, 5) is 73.3. The summed E-state index contributed by atoms with van der Waals surface area (Å²) < 4.78 is 47.7. The van der Waals surface area contributed by atoms with Crippen LogP contribution in [-0.2, 0) is 42.2 Å². The first-order valence-electron chi connectivity index (χ1n) is 17.7. The van der Waals surface area contributed by atoms with E-state index in [-0.39, 0.29) is 45.6 Å². The van der Waals surface area contributed by atoms with Crippen LogP contribution in [0.2, 0.25) is 0 Å². The van der Waals surface area contributed by atoms with Gasteiger partial charge in [0.2, 0.25) is 21.8 Å². The Kier molecular flexibility index (Phi) is 10.1. The minimum absolute atomic E-state index is 0.0471. The minimum atomic E-state index is -3.93. The Bertz CT molecular complexity index is 1730. The highest BCUT2D eigenvalue weighted by Gasteiger charge is 2.62. The van der Waals surface area contributed by atoms with Gasteiger partial charge in [0.1, 0.15) is 29.0 Å². The molecule has 4 atom stereocenters. The number of carbonyl (C=O) groups excluding carboxylic acids is 5. The summed E-state index contributed by atoms with van der Waals surface area (Å²) in [5, 5.41) is 4.84. The van der Waals surface area contributed by atoms with Crippen molar-refractivity contribution in [3.05, 3.63) is 47.3 Å². The van der Waals surface area contributed by atoms with Crippen molar-refractivity contribution in [2.45, 2.75) is 114 Å². The Morgan fingerprint density at radius 3 is 2.49 bits per heavy atom. The number of alkyl carbamates (subject to hydrolysis) is 1. The number of halogens is 1. The molecule has 278 valence electrons. The first kappa shape index (κ1) is 36.6. The van der Waals surface area contributed by atoms with E-state index in [1.54, 1.807) is 32.9 Å². The lowest BCUT2D eigenvalue weighted by Gasteiger charge is -2.43. The summed E-state index contributed by atoms with van der Waals surface area (Å²) in [5.74, 6) is -3.02. The molecule has 6 amide bonds. The van der Waals surface area contributed by atoms with Gasteiger partial charge in [0.25, 0.3) is 5.91 Å². The number of rotatable bonds is 4. The number of benzene rings is 1. The van der Waals surface area contributed by atoms with Crippen LogP contribution in [0.5, 0.6) is 0 Å². The van der Waals surface area contributed by atoms with Crippen molar-refractivity contribution >= 4 is 39.9 Å². The number of allylic oxidation sites excluding steroid dienone is 1. The molecule has 1 aromatic carbocycles. The van der Waals surface area contributed by atoms with E-state index in [1.165, 1.54) is 20.8 Å². The van der Waals surface area contributed by atoms with E-state index in [9.17, 15) is 36.8 Å². The third-order valence-corrected chi connectivity index (χ3v) is 11.9. The van der Waals surface area contributed by atoms with Gasteiger partial charge in [-0.3, -0.25) is 19.1 Å². The Balaban J connectivity index is 1.28. The van der Waals surface area contributed by atoms with Gasteiger partial charge < -0.3 is 30.1 Å². The zero-order chi connectivity index (χ0) is 36.7. The number of piperazine rings is 1. The molecule has 1 aromatic rings. The van der Waals surface area contributed by atoms with E-state index in [4.69, 9.17) is 4.74 Å². The highest BCUT2D eigenvalue weighted by atomic mass is 32.2. The molecule has 1 saturated heterocycles. The zero-order valence-corrected chi connectivity index (χ0v) is 30.1. The van der Waals surface area contributed by atoms with Crippen LogP contribution in [0.25, 0.3) is 0 Å². The van der Waals surface area contributed by atoms with Gasteiger partial charge in [-0.15, -0.1) is 0 Å². The Hall–Kier alpha value is -4.21. The Labute approximate surface area is 297 Å². The minimum Gasteiger partial charge on any atom is -0.444 e. The van der Waals surface area contributed by atoms with Gasteiger partial charge in [0.15, 0.2) is 0 Å². The molecule has 16 heteroatoms. The molecule has 3 aliphatic heterocycles. The molecule has 0 spiro atoms. The van der Waals surface area contributed by atoms with Gasteiger partial charge in [-0.25, -0.2) is 22.4 Å². The van der Waals surface area contributed by atoms with Crippen LogP contribution in [0, 0.1) is 11.7 Å². The smallest absolute Gasteiger partial charge is 0.408 e. The molecule has 2 saturated carbocycles. The molecule has 6 rings (SSSR count). The maximum Gasteiger partial charge on any atom is 0.408 e. The highest BCUT2D eigenvalue weighted by Crippen LogP contribution is 2.46. The van der Waals surface area contributed by atoms with E-state index < -0.39 is 80.1 Å². The first-order valence-corrected chi connectivity index (χ1v) is 19.3. The summed E-state index contributed by atoms with van der Waals surface area (Å²) in [5.41, 5.74) is -1.29. The number of carbonyl (C=O) groups is 5. The number of urea groups is 1. The first-order chi connectivity index (χ1) is 24.1. The molecule has 14 nitrogen and oxygen atoms in total. The Morgan fingerprint density at radius 1 is 1.02 bits per heavy atom. The van der Waals surface area contributed by atoms with Crippen molar-refractivity contribution in [3.8, 4) is 0 Å². The third kappa shape index (κ3) is 8.15. The van der Waals surface area contributed by atoms with E-state index in [1.807, 2.05) is 12.2 Å². The number of hydrogen-bond donors (Lipinski definition) is 3. The molecule has 0 radical (unpaired) electrons. The quantitative estimate of drug-likeness (QED) is 0.397. The van der Waals surface area contributed by atoms with Gasteiger partial charge in [0, 0.05) is 31.1 Å². The Morgan fingerprint density at radius 2 is 1.78 bits per heavy atom. The second-order valence-electron chi connectivity index (χ2n) is 15.2. The SMILES string of the molecule is CC(C)(C)OC(=O)N[C@H]1CCCCC/C=C/C2C[C@]2(C(=O)NS(=O)(=O)C2CC2)NC(=O)[C@@H]2CN(C(=O)N3Cc4cccc(F)c4C3)CCN2C1=O. The van der Waals surface area contributed by atoms with Crippen LogP contribution in [-0.4, -0.2) is 101 Å². The molecule has 3 heterocycles. The summed E-state index contributed by atoms with van der Waals surface area (Å²) in [6.45, 7) is 5.08. The van der Waals surface area contributed by atoms with Crippen molar-refractivity contribution < 1.29 is 41.5 Å². The fourth-order valence-corrected chi connectivity index (χ4v) is 8.45. The van der Waals surface area contributed by atoms with E-state index >= 15 is 0 Å². The second kappa shape index (κ2) is 14.1. The summed E-state index contributed by atoms with van der Waals surface area (Å²) in [7, 11) is -3.93. The van der Waals surface area contributed by atoms with Crippen LogP contribution in [0.3, 0.4) is 0 Å². The normalized spacial score (nSPS) is 27.8. The van der Waals surface area contributed by atoms with Crippen LogP contribution in [0.1, 0.15) is 83.3 Å². The van der Waals surface area contributed by atoms with Crippen LogP contribution >= 0.6 is 0 Å².